The van der Waals surface area contributed by atoms with Crippen LogP contribution >= 0.6 is 22.7 Å². The Morgan fingerprint density at radius 3 is 1.04 bits per heavy atom. The van der Waals surface area contributed by atoms with Crippen molar-refractivity contribution in [1.29, 1.82) is 0 Å². The van der Waals surface area contributed by atoms with E-state index in [0.29, 0.717) is 0 Å². The summed E-state index contributed by atoms with van der Waals surface area (Å²) in [6.07, 6.45) is 47.0. The molecule has 0 bridgehead atoms. The molecule has 0 aromatic carbocycles. The highest BCUT2D eigenvalue weighted by atomic mass is 32.1. The normalized spacial score (nSPS) is 10.2. The Morgan fingerprint density at radius 1 is 0.295 bits per heavy atom. The van der Waals surface area contributed by atoms with Crippen LogP contribution in [0.2, 0.25) is 0 Å². The summed E-state index contributed by atoms with van der Waals surface area (Å²) in [6.45, 7) is 44.3. The molecule has 0 radical (unpaired) electrons. The van der Waals surface area contributed by atoms with E-state index >= 15 is 0 Å². The quantitative estimate of drug-likeness (QED) is 0.0638. The van der Waals surface area contributed by atoms with E-state index in [1.54, 1.807) is 11.3 Å². The predicted molar refractivity (Wildman–Crippen MR) is 529 cm³/mol. The van der Waals surface area contributed by atoms with E-state index in [0.717, 1.165) is 68.6 Å². The van der Waals surface area contributed by atoms with Crippen LogP contribution in [0, 0.1) is 34.6 Å². The van der Waals surface area contributed by atoms with Gasteiger partial charge in [0.15, 0.2) is 0 Å². The molecule has 17 heteroatoms. The van der Waals surface area contributed by atoms with Crippen molar-refractivity contribution in [2.45, 2.75) is 221 Å². The molecular formula is C105H147N15S2. The van der Waals surface area contributed by atoms with Crippen LogP contribution in [0.3, 0.4) is 0 Å². The molecule has 17 heterocycles. The number of nitrogens with one attached hydrogen (secondary N) is 2. The van der Waals surface area contributed by atoms with Gasteiger partial charge in [0, 0.05) is 210 Å². The van der Waals surface area contributed by atoms with Crippen molar-refractivity contribution in [2.24, 2.45) is 28.2 Å². The maximum atomic E-state index is 3.73. The Labute approximate surface area is 741 Å². The van der Waals surface area contributed by atoms with Crippen molar-refractivity contribution in [1.82, 2.24) is 69.3 Å². The summed E-state index contributed by atoms with van der Waals surface area (Å²) in [4.78, 5) is 9.99. The smallest absolute Gasteiger partial charge is 0.0653 e. The van der Waals surface area contributed by atoms with Crippen molar-refractivity contribution in [3.8, 4) is 66.7 Å². The zero-order valence-corrected chi connectivity index (χ0v) is 79.2. The molecule has 0 aliphatic rings. The van der Waals surface area contributed by atoms with E-state index in [2.05, 4.69) is 372 Å². The largest absolute Gasteiger partial charge is 0.357 e. The highest BCUT2D eigenvalue weighted by molar-refractivity contribution is 7.19. The van der Waals surface area contributed by atoms with Gasteiger partial charge in [0.25, 0.3) is 0 Å². The summed E-state index contributed by atoms with van der Waals surface area (Å²) >= 11 is 3.60. The fraction of sp³-hybridized carbons (Fsp3) is 0.352. The summed E-state index contributed by atoms with van der Waals surface area (Å²) in [6, 6.07) is 65.9. The van der Waals surface area contributed by atoms with Crippen LogP contribution in [0.15, 0.2) is 310 Å². The van der Waals surface area contributed by atoms with Gasteiger partial charge in [-0.2, -0.15) is 11.3 Å². The van der Waals surface area contributed by atoms with E-state index in [4.69, 9.17) is 0 Å². The second kappa shape index (κ2) is 57.0. The van der Waals surface area contributed by atoms with Crippen molar-refractivity contribution in [3.63, 3.8) is 0 Å². The van der Waals surface area contributed by atoms with E-state index in [9.17, 15) is 0 Å². The second-order valence-corrected chi connectivity index (χ2v) is 31.8. The number of hydrogen-bond donors (Lipinski definition) is 2. The summed E-state index contributed by atoms with van der Waals surface area (Å²) in [5.74, 6) is 0. The second-order valence-electron chi connectivity index (χ2n) is 29.9. The molecule has 0 atom stereocenters. The monoisotopic (exact) mass is 1680 g/mol. The number of aromatic amines is 2. The Bertz CT molecular complexity index is 5050. The summed E-state index contributed by atoms with van der Waals surface area (Å²) in [7, 11) is 8.19. The molecule has 0 unspecified atom stereocenters. The molecule has 17 aromatic heterocycles. The molecule has 0 aliphatic heterocycles. The lowest BCUT2D eigenvalue weighted by Crippen LogP contribution is -2.04. The van der Waals surface area contributed by atoms with E-state index < -0.39 is 0 Å². The third-order valence-electron chi connectivity index (χ3n) is 20.1. The van der Waals surface area contributed by atoms with E-state index in [-0.39, 0.29) is 0 Å². The molecule has 0 saturated heterocycles. The lowest BCUT2D eigenvalue weighted by molar-refractivity contribution is 0.626. The predicted octanol–water partition coefficient (Wildman–Crippen LogP) is 28.8. The zero-order valence-electron chi connectivity index (χ0n) is 77.6. The van der Waals surface area contributed by atoms with Crippen molar-refractivity contribution in [2.75, 3.05) is 0 Å². The molecular weight excluding hydrogens is 1540 g/mol. The Hall–Kier alpha value is -11.4. The first-order valence-electron chi connectivity index (χ1n) is 44.4. The molecule has 122 heavy (non-hydrogen) atoms. The zero-order chi connectivity index (χ0) is 88.2. The maximum absolute atomic E-state index is 3.73. The topological polar surface area (TPSA) is 95.7 Å². The van der Waals surface area contributed by atoms with Crippen LogP contribution in [-0.2, 0) is 87.1 Å². The van der Waals surface area contributed by atoms with Gasteiger partial charge in [0.05, 0.1) is 66.7 Å². The van der Waals surface area contributed by atoms with Crippen LogP contribution in [0.1, 0.15) is 156 Å². The number of nitrogens with zero attached hydrogens (tertiary/aromatic N) is 13. The molecule has 0 spiro atoms. The SMILES string of the molecule is CC.CCCCn1c(C)ccc1-c1ccc(-c2ccc(-c3sc(-c4ccc(-c5ccc(-c6ccc(C)n6CC)n5C)n4CC)cc3C)[nH]2)[nH]1.CCCCn1cccc1.CCCCn1cccc1.CCCn1ccc(C)c1.CCCn1cccc1.CCn1cccc1.CCn1cccc1.Cc1ccsc1.Cn1cccc1.Cn1cccc1.Cn1cccc1. The molecule has 0 aliphatic carbocycles. The van der Waals surface area contributed by atoms with Crippen molar-refractivity contribution >= 4 is 22.7 Å². The van der Waals surface area contributed by atoms with Gasteiger partial charge in [-0.15, -0.1) is 11.3 Å². The lowest BCUT2D eigenvalue weighted by atomic mass is 10.2. The third-order valence-corrected chi connectivity index (χ3v) is 22.2. The first-order chi connectivity index (χ1) is 59.4. The van der Waals surface area contributed by atoms with Crippen LogP contribution in [0.4, 0.5) is 0 Å². The van der Waals surface area contributed by atoms with Gasteiger partial charge < -0.3 is 69.3 Å². The number of aryl methyl sites for hydroxylation is 14. The standard InChI is InChI=1S/C40H46N6S.3C8H13N.C7H11N.2C6H9N.3C5H7N.C5H6S.C2H6/c1-8-11-24-46-28(6)12-18-33(46)31-16-14-29(41-31)30-15-17-32(42-30)40-26(4)25-39(47-40)38-23-22-37(45(38)10-3)35-21-20-34(43(35)7)36-19-13-27(5)44(36)9-2;1-3-5-9-6-4-8(2)7-9;2*1-2-3-6-9-7-4-5-8-9;1-2-5-8-6-3-4-7-8;2*1-2-7-5-3-4-6-7;3*1-6-4-2-3-5-6;1-5-2-3-6-4-5;1-2/h12-23,25,41-42H,8-11,24H2,1-7H3;4,6-7H,3,5H2,1-2H3;2*4-5,7-8H,2-3,6H2,1H3;3-4,6-7H,2,5H2,1H3;2*3-6H,2H2,1H3;3*2-5H,1H3;2-4H,1H3;1-2H3. The number of unbranched alkanes of at least 4 members (excludes halogenated alkanes) is 3. The van der Waals surface area contributed by atoms with Crippen LogP contribution in [0.5, 0.6) is 0 Å². The first kappa shape index (κ1) is 99.4. The van der Waals surface area contributed by atoms with Gasteiger partial charge in [-0.3, -0.25) is 0 Å². The van der Waals surface area contributed by atoms with Crippen LogP contribution in [0.25, 0.3) is 66.7 Å². The molecule has 0 saturated carbocycles. The Kier molecular flexibility index (Phi) is 46.4. The molecule has 15 nitrogen and oxygen atoms in total. The fourth-order valence-corrected chi connectivity index (χ4v) is 15.2. The van der Waals surface area contributed by atoms with Gasteiger partial charge in [-0.25, -0.2) is 0 Å². The van der Waals surface area contributed by atoms with Gasteiger partial charge in [-0.1, -0.05) is 67.7 Å². The average molecular weight is 1680 g/mol. The van der Waals surface area contributed by atoms with Crippen LogP contribution in [-0.4, -0.2) is 69.3 Å². The van der Waals surface area contributed by atoms with Crippen molar-refractivity contribution in [3.05, 3.63) is 338 Å². The number of thiophene rings is 2. The summed E-state index contributed by atoms with van der Waals surface area (Å²) in [5, 5.41) is 4.20. The van der Waals surface area contributed by atoms with Crippen LogP contribution < -0.4 is 0 Å². The highest BCUT2D eigenvalue weighted by Crippen LogP contribution is 2.41. The molecule has 0 fully saturated rings. The Balaban J connectivity index is 0.000000245. The average Bonchev–Trinajstić information content (AvgIpc) is 1.61. The molecule has 2 N–H and O–H groups in total. The van der Waals surface area contributed by atoms with Gasteiger partial charge in [-0.05, 0) is 310 Å². The molecule has 654 valence electrons. The van der Waals surface area contributed by atoms with Gasteiger partial charge >= 0.3 is 0 Å². The minimum Gasteiger partial charge on any atom is -0.357 e. The number of rotatable bonds is 23. The third kappa shape index (κ3) is 33.9. The highest BCUT2D eigenvalue weighted by Gasteiger charge is 2.20. The maximum Gasteiger partial charge on any atom is 0.0653 e. The number of H-pyrrole nitrogens is 2. The minimum absolute atomic E-state index is 0.901. The Morgan fingerprint density at radius 2 is 0.664 bits per heavy atom. The summed E-state index contributed by atoms with van der Waals surface area (Å²) in [5.41, 5.74) is 18.6. The molecule has 0 amide bonds. The van der Waals surface area contributed by atoms with Gasteiger partial charge in [0.2, 0.25) is 0 Å². The molecule has 17 rings (SSSR count). The minimum atomic E-state index is 0.901. The molecule has 17 aromatic rings. The number of aromatic nitrogens is 15. The first-order valence-corrected chi connectivity index (χ1v) is 46.2. The van der Waals surface area contributed by atoms with E-state index in [1.165, 1.54) is 136 Å². The summed E-state index contributed by atoms with van der Waals surface area (Å²) < 4.78 is 28.7. The van der Waals surface area contributed by atoms with E-state index in [1.807, 2.05) is 158 Å². The van der Waals surface area contributed by atoms with Gasteiger partial charge in [0.1, 0.15) is 0 Å². The van der Waals surface area contributed by atoms with Crippen molar-refractivity contribution < 1.29 is 0 Å². The fourth-order valence-electron chi connectivity index (χ4n) is 13.4. The number of hydrogen-bond acceptors (Lipinski definition) is 2. The lowest BCUT2D eigenvalue weighted by Gasteiger charge is -2.14.